The maximum atomic E-state index is 4.61. The molecule has 0 radical (unpaired) electrons. The number of nitrogens with zero attached hydrogens (tertiary/aromatic N) is 5. The quantitative estimate of drug-likeness (QED) is 0.491. The van der Waals surface area contributed by atoms with Crippen LogP contribution in [0.3, 0.4) is 0 Å². The van der Waals surface area contributed by atoms with Crippen LogP contribution in [0.1, 0.15) is 6.92 Å². The second kappa shape index (κ2) is 7.27. The number of benzene rings is 2. The van der Waals surface area contributed by atoms with E-state index in [2.05, 4.69) is 38.5 Å². The van der Waals surface area contributed by atoms with E-state index in [0.717, 1.165) is 36.5 Å². The van der Waals surface area contributed by atoms with Crippen LogP contribution in [0.15, 0.2) is 64.4 Å². The van der Waals surface area contributed by atoms with Gasteiger partial charge in [-0.05, 0) is 40.5 Å². The van der Waals surface area contributed by atoms with E-state index >= 15 is 0 Å². The summed E-state index contributed by atoms with van der Waals surface area (Å²) < 4.78 is 3.89. The monoisotopic (exact) mass is 380 g/mol. The van der Waals surface area contributed by atoms with Crippen LogP contribution >= 0.6 is 23.1 Å². The van der Waals surface area contributed by atoms with E-state index < -0.39 is 0 Å². The number of allylic oxidation sites excluding steroid dienone is 1. The van der Waals surface area contributed by atoms with Gasteiger partial charge in [-0.25, -0.2) is 9.67 Å². The molecule has 0 unspecified atom stereocenters. The molecule has 130 valence electrons. The van der Waals surface area contributed by atoms with Crippen molar-refractivity contribution in [3.05, 3.63) is 60.0 Å². The fraction of sp³-hybridized carbons (Fsp3) is 0.111. The molecule has 4 aromatic rings. The van der Waals surface area contributed by atoms with Crippen molar-refractivity contribution in [3.8, 4) is 11.4 Å². The fourth-order valence-electron chi connectivity index (χ4n) is 2.48. The third kappa shape index (κ3) is 3.61. The van der Waals surface area contributed by atoms with Crippen molar-refractivity contribution in [2.45, 2.75) is 17.9 Å². The van der Waals surface area contributed by atoms with Crippen LogP contribution in [0.25, 0.3) is 21.6 Å². The van der Waals surface area contributed by atoms with Gasteiger partial charge in [-0.1, -0.05) is 48.7 Å². The van der Waals surface area contributed by atoms with Gasteiger partial charge in [0, 0.05) is 11.3 Å². The molecule has 2 heterocycles. The standard InChI is InChI=1S/C18H16N6S2/c1-12(2)25-18-20-15-9-8-14(10-16(15)26-18)19-11-24-17(21-22-23-24)13-6-4-3-5-7-13/h3-10,19H,1,11H2,2H3. The molecule has 2 aromatic heterocycles. The van der Waals surface area contributed by atoms with Gasteiger partial charge in [-0.3, -0.25) is 0 Å². The van der Waals surface area contributed by atoms with Gasteiger partial charge in [0.05, 0.1) is 10.2 Å². The Balaban J connectivity index is 1.52. The van der Waals surface area contributed by atoms with E-state index in [9.17, 15) is 0 Å². The SMILES string of the molecule is C=C(C)Sc1nc2ccc(NCn3nnnc3-c3ccccc3)cc2s1. The molecule has 0 saturated heterocycles. The Bertz CT molecular complexity index is 1050. The number of anilines is 1. The summed E-state index contributed by atoms with van der Waals surface area (Å²) in [6, 6.07) is 16.0. The van der Waals surface area contributed by atoms with Crippen molar-refractivity contribution in [1.82, 2.24) is 25.2 Å². The van der Waals surface area contributed by atoms with Crippen LogP contribution in [0.2, 0.25) is 0 Å². The first-order valence-electron chi connectivity index (χ1n) is 7.98. The molecule has 6 nitrogen and oxygen atoms in total. The lowest BCUT2D eigenvalue weighted by Crippen LogP contribution is -2.11. The molecule has 0 aliphatic carbocycles. The summed E-state index contributed by atoms with van der Waals surface area (Å²) >= 11 is 3.27. The largest absolute Gasteiger partial charge is 0.366 e. The van der Waals surface area contributed by atoms with E-state index in [1.807, 2.05) is 49.4 Å². The molecule has 0 amide bonds. The molecule has 0 fully saturated rings. The lowest BCUT2D eigenvalue weighted by Gasteiger charge is -2.08. The number of thioether (sulfide) groups is 1. The Morgan fingerprint density at radius 2 is 2.08 bits per heavy atom. The Labute approximate surface area is 159 Å². The van der Waals surface area contributed by atoms with Crippen LogP contribution in [-0.2, 0) is 6.67 Å². The predicted octanol–water partition coefficient (Wildman–Crippen LogP) is 4.65. The lowest BCUT2D eigenvalue weighted by atomic mass is 10.2. The molecule has 0 spiro atoms. The molecule has 26 heavy (non-hydrogen) atoms. The summed E-state index contributed by atoms with van der Waals surface area (Å²) in [4.78, 5) is 5.65. The zero-order chi connectivity index (χ0) is 17.9. The molecule has 8 heteroatoms. The van der Waals surface area contributed by atoms with Gasteiger partial charge in [0.25, 0.3) is 0 Å². The van der Waals surface area contributed by atoms with Crippen LogP contribution < -0.4 is 5.32 Å². The highest BCUT2D eigenvalue weighted by Gasteiger charge is 2.09. The van der Waals surface area contributed by atoms with Gasteiger partial charge in [0.2, 0.25) is 0 Å². The number of fused-ring (bicyclic) bond motifs is 1. The molecule has 0 aliphatic rings. The Morgan fingerprint density at radius 1 is 1.23 bits per heavy atom. The summed E-state index contributed by atoms with van der Waals surface area (Å²) in [5, 5.41) is 15.4. The number of hydrogen-bond donors (Lipinski definition) is 1. The highest BCUT2D eigenvalue weighted by Crippen LogP contribution is 2.34. The smallest absolute Gasteiger partial charge is 0.183 e. The number of tetrazole rings is 1. The first kappa shape index (κ1) is 16.7. The topological polar surface area (TPSA) is 68.5 Å². The average Bonchev–Trinajstić information content (AvgIpc) is 3.25. The first-order chi connectivity index (χ1) is 12.7. The zero-order valence-corrected chi connectivity index (χ0v) is 15.7. The minimum absolute atomic E-state index is 0.481. The van der Waals surface area contributed by atoms with Crippen molar-refractivity contribution >= 4 is 39.0 Å². The minimum atomic E-state index is 0.481. The van der Waals surface area contributed by atoms with Crippen LogP contribution in [0, 0.1) is 0 Å². The first-order valence-corrected chi connectivity index (χ1v) is 9.62. The molecule has 0 bridgehead atoms. The third-order valence-electron chi connectivity index (χ3n) is 3.63. The molecule has 0 aliphatic heterocycles. The van der Waals surface area contributed by atoms with Gasteiger partial charge in [0.15, 0.2) is 10.2 Å². The minimum Gasteiger partial charge on any atom is -0.366 e. The van der Waals surface area contributed by atoms with Gasteiger partial charge >= 0.3 is 0 Å². The summed E-state index contributed by atoms with van der Waals surface area (Å²) in [6.45, 7) is 6.39. The fourth-order valence-corrected chi connectivity index (χ4v) is 4.52. The zero-order valence-electron chi connectivity index (χ0n) is 14.1. The number of rotatable bonds is 6. The van der Waals surface area contributed by atoms with Crippen molar-refractivity contribution < 1.29 is 0 Å². The van der Waals surface area contributed by atoms with Crippen molar-refractivity contribution in [1.29, 1.82) is 0 Å². The number of hydrogen-bond acceptors (Lipinski definition) is 7. The molecule has 0 atom stereocenters. The van der Waals surface area contributed by atoms with E-state index in [1.165, 1.54) is 0 Å². The van der Waals surface area contributed by atoms with Crippen LogP contribution in [0.4, 0.5) is 5.69 Å². The maximum Gasteiger partial charge on any atom is 0.183 e. The number of thiazole rings is 1. The molecule has 2 aromatic carbocycles. The lowest BCUT2D eigenvalue weighted by molar-refractivity contribution is 0.640. The van der Waals surface area contributed by atoms with Gasteiger partial charge < -0.3 is 5.32 Å². The third-order valence-corrected chi connectivity index (χ3v) is 5.55. The van der Waals surface area contributed by atoms with Gasteiger partial charge in [-0.2, -0.15) is 0 Å². The van der Waals surface area contributed by atoms with Gasteiger partial charge in [0.1, 0.15) is 6.67 Å². The Morgan fingerprint density at radius 3 is 2.88 bits per heavy atom. The van der Waals surface area contributed by atoms with Crippen LogP contribution in [-0.4, -0.2) is 25.2 Å². The Hall–Kier alpha value is -2.71. The van der Waals surface area contributed by atoms with Crippen molar-refractivity contribution in [3.63, 3.8) is 0 Å². The normalized spacial score (nSPS) is 11.0. The second-order valence-electron chi connectivity index (χ2n) is 5.67. The van der Waals surface area contributed by atoms with E-state index in [1.54, 1.807) is 27.8 Å². The van der Waals surface area contributed by atoms with E-state index in [-0.39, 0.29) is 0 Å². The number of aromatic nitrogens is 5. The molecule has 4 rings (SSSR count). The molecular weight excluding hydrogens is 364 g/mol. The van der Waals surface area contributed by atoms with Crippen molar-refractivity contribution in [2.75, 3.05) is 5.32 Å². The van der Waals surface area contributed by atoms with Crippen LogP contribution in [0.5, 0.6) is 0 Å². The molecule has 0 saturated carbocycles. The summed E-state index contributed by atoms with van der Waals surface area (Å²) in [7, 11) is 0. The summed E-state index contributed by atoms with van der Waals surface area (Å²) in [6.07, 6.45) is 0. The average molecular weight is 381 g/mol. The summed E-state index contributed by atoms with van der Waals surface area (Å²) in [5.74, 6) is 0.733. The van der Waals surface area contributed by atoms with Crippen molar-refractivity contribution in [2.24, 2.45) is 0 Å². The highest BCUT2D eigenvalue weighted by atomic mass is 32.2. The molecular formula is C18H16N6S2. The van der Waals surface area contributed by atoms with E-state index in [0.29, 0.717) is 6.67 Å². The second-order valence-corrected chi connectivity index (χ2v) is 8.25. The maximum absolute atomic E-state index is 4.61. The predicted molar refractivity (Wildman–Crippen MR) is 107 cm³/mol. The number of nitrogens with one attached hydrogen (secondary N) is 1. The van der Waals surface area contributed by atoms with Gasteiger partial charge in [-0.15, -0.1) is 16.4 Å². The highest BCUT2D eigenvalue weighted by molar-refractivity contribution is 8.04. The van der Waals surface area contributed by atoms with E-state index in [4.69, 9.17) is 0 Å². The molecule has 1 N–H and O–H groups in total. The Kier molecular flexibility index (Phi) is 4.68. The summed E-state index contributed by atoms with van der Waals surface area (Å²) in [5.41, 5.74) is 2.98.